The molecule has 5 nitrogen and oxygen atoms in total. The van der Waals surface area contributed by atoms with Gasteiger partial charge in [0.05, 0.1) is 14.2 Å². The number of carbonyl (C=O) groups excluding carboxylic acids is 1. The molecule has 0 bridgehead atoms. The van der Waals surface area contributed by atoms with Crippen molar-refractivity contribution >= 4 is 5.91 Å². The minimum atomic E-state index is -0.333. The molecule has 0 unspecified atom stereocenters. The average Bonchev–Trinajstić information content (AvgIpc) is 2.70. The monoisotopic (exact) mass is 369 g/mol. The number of hydrogen-bond donors (Lipinski definition) is 2. The fraction of sp³-hybridized carbons (Fsp3) is 0.409. The molecule has 27 heavy (non-hydrogen) atoms. The van der Waals surface area contributed by atoms with Crippen molar-refractivity contribution in [1.82, 2.24) is 5.32 Å². The Hall–Kier alpha value is -2.69. The van der Waals surface area contributed by atoms with Gasteiger partial charge >= 0.3 is 0 Å². The number of phenols is 1. The number of hydrogen-bond acceptors (Lipinski definition) is 4. The predicted molar refractivity (Wildman–Crippen MR) is 105 cm³/mol. The van der Waals surface area contributed by atoms with Crippen LogP contribution in [0.25, 0.3) is 0 Å². The Morgan fingerprint density at radius 2 is 1.67 bits per heavy atom. The molecule has 1 saturated carbocycles. The summed E-state index contributed by atoms with van der Waals surface area (Å²) in [5, 5.41) is 13.3. The Balaban J connectivity index is 1.91. The molecule has 3 rings (SSSR count). The van der Waals surface area contributed by atoms with E-state index in [2.05, 4.69) is 5.32 Å². The van der Waals surface area contributed by atoms with E-state index in [4.69, 9.17) is 9.47 Å². The minimum absolute atomic E-state index is 0.0455. The number of nitrogens with one attached hydrogen (secondary N) is 1. The van der Waals surface area contributed by atoms with Gasteiger partial charge in [0.2, 0.25) is 5.75 Å². The summed E-state index contributed by atoms with van der Waals surface area (Å²) in [6.45, 7) is 0. The van der Waals surface area contributed by atoms with E-state index >= 15 is 0 Å². The summed E-state index contributed by atoms with van der Waals surface area (Å²) < 4.78 is 10.8. The normalized spacial score (nSPS) is 15.8. The van der Waals surface area contributed by atoms with Crippen molar-refractivity contribution < 1.29 is 19.4 Å². The number of amides is 1. The molecule has 1 fully saturated rings. The van der Waals surface area contributed by atoms with Crippen molar-refractivity contribution in [3.05, 3.63) is 53.6 Å². The average molecular weight is 369 g/mol. The van der Waals surface area contributed by atoms with Crippen molar-refractivity contribution in [2.45, 2.75) is 44.1 Å². The maximum atomic E-state index is 12.8. The second-order valence-electron chi connectivity index (χ2n) is 7.15. The smallest absolute Gasteiger partial charge is 0.251 e. The van der Waals surface area contributed by atoms with Gasteiger partial charge in [0.1, 0.15) is 0 Å². The van der Waals surface area contributed by atoms with Crippen LogP contribution in [-0.2, 0) is 6.42 Å². The zero-order valence-electron chi connectivity index (χ0n) is 16.0. The molecular formula is C22H27NO4. The molecule has 0 aliphatic heterocycles. The SMILES string of the molecule is COc1c(O)ccc(CC2(NC(=O)c3ccccc3)CCCCC2)c1OC. The van der Waals surface area contributed by atoms with Crippen LogP contribution in [0.1, 0.15) is 48.0 Å². The van der Waals surface area contributed by atoms with Crippen LogP contribution in [-0.4, -0.2) is 30.8 Å². The molecule has 144 valence electrons. The van der Waals surface area contributed by atoms with Crippen LogP contribution in [0.5, 0.6) is 17.2 Å². The second kappa shape index (κ2) is 8.33. The van der Waals surface area contributed by atoms with Crippen LogP contribution >= 0.6 is 0 Å². The van der Waals surface area contributed by atoms with E-state index in [1.165, 1.54) is 13.5 Å². The van der Waals surface area contributed by atoms with Crippen LogP contribution < -0.4 is 14.8 Å². The van der Waals surface area contributed by atoms with Gasteiger partial charge in [-0.15, -0.1) is 0 Å². The van der Waals surface area contributed by atoms with Crippen LogP contribution in [0, 0.1) is 0 Å². The summed E-state index contributed by atoms with van der Waals surface area (Å²) >= 11 is 0. The van der Waals surface area contributed by atoms with Gasteiger partial charge in [-0.3, -0.25) is 4.79 Å². The number of carbonyl (C=O) groups is 1. The van der Waals surface area contributed by atoms with E-state index in [9.17, 15) is 9.90 Å². The van der Waals surface area contributed by atoms with E-state index in [0.29, 0.717) is 23.5 Å². The number of methoxy groups -OCH3 is 2. The molecule has 0 spiro atoms. The summed E-state index contributed by atoms with van der Waals surface area (Å²) in [7, 11) is 3.08. The Kier molecular flexibility index (Phi) is 5.89. The van der Waals surface area contributed by atoms with Gasteiger partial charge in [0.15, 0.2) is 11.5 Å². The topological polar surface area (TPSA) is 67.8 Å². The molecule has 0 heterocycles. The predicted octanol–water partition coefficient (Wildman–Crippen LogP) is 4.08. The van der Waals surface area contributed by atoms with Crippen LogP contribution in [0.2, 0.25) is 0 Å². The Morgan fingerprint density at radius 3 is 2.30 bits per heavy atom. The highest BCUT2D eigenvalue weighted by molar-refractivity contribution is 5.94. The lowest BCUT2D eigenvalue weighted by Crippen LogP contribution is -2.51. The number of rotatable bonds is 6. The van der Waals surface area contributed by atoms with Crippen molar-refractivity contribution in [2.24, 2.45) is 0 Å². The largest absolute Gasteiger partial charge is 0.504 e. The number of aromatic hydroxyl groups is 1. The molecule has 0 saturated heterocycles. The van der Waals surface area contributed by atoms with Gasteiger partial charge in [0.25, 0.3) is 5.91 Å². The van der Waals surface area contributed by atoms with Gasteiger partial charge in [0, 0.05) is 16.7 Å². The zero-order valence-corrected chi connectivity index (χ0v) is 16.0. The zero-order chi connectivity index (χ0) is 19.3. The summed E-state index contributed by atoms with van der Waals surface area (Å²) in [4.78, 5) is 12.8. The first-order valence-electron chi connectivity index (χ1n) is 9.39. The van der Waals surface area contributed by atoms with Crippen LogP contribution in [0.4, 0.5) is 0 Å². The lowest BCUT2D eigenvalue weighted by atomic mass is 9.77. The first-order valence-corrected chi connectivity index (χ1v) is 9.39. The van der Waals surface area contributed by atoms with Gasteiger partial charge in [-0.1, -0.05) is 43.5 Å². The molecule has 1 aliphatic carbocycles. The lowest BCUT2D eigenvalue weighted by molar-refractivity contribution is 0.0867. The van der Waals surface area contributed by atoms with E-state index in [0.717, 1.165) is 31.2 Å². The van der Waals surface area contributed by atoms with Gasteiger partial charge < -0.3 is 19.9 Å². The minimum Gasteiger partial charge on any atom is -0.504 e. The molecular weight excluding hydrogens is 342 g/mol. The second-order valence-corrected chi connectivity index (χ2v) is 7.15. The van der Waals surface area contributed by atoms with Crippen LogP contribution in [0.3, 0.4) is 0 Å². The first kappa shape index (κ1) is 19.1. The van der Waals surface area contributed by atoms with Gasteiger partial charge in [-0.05, 0) is 37.5 Å². The van der Waals surface area contributed by atoms with E-state index < -0.39 is 0 Å². The fourth-order valence-corrected chi connectivity index (χ4v) is 3.99. The molecule has 5 heteroatoms. The fourth-order valence-electron chi connectivity index (χ4n) is 3.99. The van der Waals surface area contributed by atoms with E-state index in [1.807, 2.05) is 36.4 Å². The number of benzene rings is 2. The highest BCUT2D eigenvalue weighted by Gasteiger charge is 2.35. The lowest BCUT2D eigenvalue weighted by Gasteiger charge is -2.39. The number of ether oxygens (including phenoxy) is 2. The summed E-state index contributed by atoms with van der Waals surface area (Å²) in [6.07, 6.45) is 5.79. The third-order valence-electron chi connectivity index (χ3n) is 5.34. The Bertz CT molecular complexity index is 782. The van der Waals surface area contributed by atoms with E-state index in [1.54, 1.807) is 13.2 Å². The molecule has 2 aromatic carbocycles. The molecule has 1 aliphatic rings. The molecule has 2 N–H and O–H groups in total. The van der Waals surface area contributed by atoms with Gasteiger partial charge in [-0.2, -0.15) is 0 Å². The first-order chi connectivity index (χ1) is 13.1. The van der Waals surface area contributed by atoms with E-state index in [-0.39, 0.29) is 17.2 Å². The molecule has 1 amide bonds. The highest BCUT2D eigenvalue weighted by Crippen LogP contribution is 2.42. The third kappa shape index (κ3) is 4.18. The molecule has 0 radical (unpaired) electrons. The Morgan fingerprint density at radius 1 is 1.00 bits per heavy atom. The van der Waals surface area contributed by atoms with Gasteiger partial charge in [-0.25, -0.2) is 0 Å². The summed E-state index contributed by atoms with van der Waals surface area (Å²) in [5.74, 6) is 0.845. The van der Waals surface area contributed by atoms with Crippen molar-refractivity contribution in [1.29, 1.82) is 0 Å². The molecule has 0 atom stereocenters. The summed E-state index contributed by atoms with van der Waals surface area (Å²) in [5.41, 5.74) is 1.25. The maximum absolute atomic E-state index is 12.8. The van der Waals surface area contributed by atoms with Crippen LogP contribution in [0.15, 0.2) is 42.5 Å². The third-order valence-corrected chi connectivity index (χ3v) is 5.34. The maximum Gasteiger partial charge on any atom is 0.251 e. The standard InChI is InChI=1S/C22H27NO4/c1-26-19-17(11-12-18(24)20(19)27-2)15-22(13-7-4-8-14-22)23-21(25)16-9-5-3-6-10-16/h3,5-6,9-12,24H,4,7-8,13-15H2,1-2H3,(H,23,25). The number of phenolic OH excluding ortho intramolecular Hbond substituents is 1. The van der Waals surface area contributed by atoms with Crippen molar-refractivity contribution in [3.8, 4) is 17.2 Å². The summed E-state index contributed by atoms with van der Waals surface area (Å²) in [6, 6.07) is 12.8. The van der Waals surface area contributed by atoms with Crippen molar-refractivity contribution in [3.63, 3.8) is 0 Å². The molecule has 0 aromatic heterocycles. The highest BCUT2D eigenvalue weighted by atomic mass is 16.5. The quantitative estimate of drug-likeness (QED) is 0.805. The Labute approximate surface area is 160 Å². The molecule has 2 aromatic rings. The van der Waals surface area contributed by atoms with Crippen molar-refractivity contribution in [2.75, 3.05) is 14.2 Å².